The summed E-state index contributed by atoms with van der Waals surface area (Å²) < 4.78 is 42.3. The summed E-state index contributed by atoms with van der Waals surface area (Å²) in [6, 6.07) is 12.1. The van der Waals surface area contributed by atoms with Crippen molar-refractivity contribution < 1.29 is 42.7 Å². The van der Waals surface area contributed by atoms with Crippen LogP contribution in [0, 0.1) is 0 Å². The Bertz CT molecular complexity index is 1510. The molecule has 2 atom stereocenters. The molecule has 1 saturated heterocycles. The zero-order chi connectivity index (χ0) is 41.1. The number of amides is 1. The van der Waals surface area contributed by atoms with Crippen molar-refractivity contribution in [2.45, 2.75) is 129 Å². The van der Waals surface area contributed by atoms with E-state index in [2.05, 4.69) is 52.5 Å². The van der Waals surface area contributed by atoms with Gasteiger partial charge in [0.1, 0.15) is 35.4 Å². The molecule has 2 aromatic carbocycles. The monoisotopic (exact) mass is 801 g/mol. The average molecular weight is 801 g/mol. The summed E-state index contributed by atoms with van der Waals surface area (Å²) in [5, 5.41) is 13.0. The van der Waals surface area contributed by atoms with Crippen molar-refractivity contribution in [1.82, 2.24) is 4.90 Å². The molecule has 0 spiro atoms. The molecule has 1 fully saturated rings. The number of nitrogens with zero attached hydrogens (tertiary/aromatic N) is 2. The van der Waals surface area contributed by atoms with Crippen LogP contribution in [-0.2, 0) is 42.0 Å². The SMILES string of the molecule is COCCCOc1ccc([C@@]2(O)CCN(C(=O)OC(C)(C)C)C[C@@H]2OCc2ccc3c(c2)N(CCCOC)CCO3)c(CCO[Si](C(C)C)(C(C)C)C(C)C)c1. The predicted octanol–water partition coefficient (Wildman–Crippen LogP) is 8.49. The number of anilines is 1. The molecule has 0 aliphatic carbocycles. The number of rotatable bonds is 20. The number of likely N-dealkylation sites (tertiary alicyclic amines) is 1. The molecule has 12 heteroatoms. The lowest BCUT2D eigenvalue weighted by Crippen LogP contribution is -2.57. The first-order chi connectivity index (χ1) is 26.5. The maximum atomic E-state index is 13.4. The van der Waals surface area contributed by atoms with Gasteiger partial charge in [-0.2, -0.15) is 0 Å². The van der Waals surface area contributed by atoms with Crippen LogP contribution in [0.1, 0.15) is 98.3 Å². The zero-order valence-corrected chi connectivity index (χ0v) is 37.3. The number of methoxy groups -OCH3 is 2. The largest absolute Gasteiger partial charge is 0.493 e. The Kier molecular flexibility index (Phi) is 16.9. The fourth-order valence-electron chi connectivity index (χ4n) is 8.66. The number of piperidine rings is 1. The summed E-state index contributed by atoms with van der Waals surface area (Å²) in [6.07, 6.45) is 1.37. The average Bonchev–Trinajstić information content (AvgIpc) is 3.13. The number of fused-ring (bicyclic) bond motifs is 1. The smallest absolute Gasteiger partial charge is 0.410 e. The fourth-order valence-corrected chi connectivity index (χ4v) is 14.1. The highest BCUT2D eigenvalue weighted by Crippen LogP contribution is 2.43. The second-order valence-corrected chi connectivity index (χ2v) is 22.8. The first-order valence-electron chi connectivity index (χ1n) is 20.8. The Morgan fingerprint density at radius 1 is 0.929 bits per heavy atom. The van der Waals surface area contributed by atoms with E-state index in [9.17, 15) is 9.90 Å². The Morgan fingerprint density at radius 2 is 1.62 bits per heavy atom. The molecule has 0 bridgehead atoms. The van der Waals surface area contributed by atoms with Crippen LogP contribution in [0.3, 0.4) is 0 Å². The quantitative estimate of drug-likeness (QED) is 0.104. The molecule has 2 aliphatic rings. The Labute approximate surface area is 338 Å². The van der Waals surface area contributed by atoms with E-state index in [1.165, 1.54) is 0 Å². The number of aliphatic hydroxyl groups is 1. The van der Waals surface area contributed by atoms with Crippen LogP contribution >= 0.6 is 0 Å². The molecule has 316 valence electrons. The van der Waals surface area contributed by atoms with Crippen molar-refractivity contribution in [2.75, 3.05) is 78.3 Å². The van der Waals surface area contributed by atoms with Gasteiger partial charge in [-0.3, -0.25) is 0 Å². The molecule has 0 saturated carbocycles. The second-order valence-electron chi connectivity index (χ2n) is 17.3. The zero-order valence-electron chi connectivity index (χ0n) is 36.3. The topological polar surface area (TPSA) is 108 Å². The Hall–Kier alpha value is -2.87. The molecule has 2 aromatic rings. The van der Waals surface area contributed by atoms with Crippen LogP contribution in [0.5, 0.6) is 11.5 Å². The van der Waals surface area contributed by atoms with Gasteiger partial charge in [-0.15, -0.1) is 0 Å². The van der Waals surface area contributed by atoms with E-state index in [0.717, 1.165) is 59.8 Å². The van der Waals surface area contributed by atoms with Crippen molar-refractivity contribution in [3.63, 3.8) is 0 Å². The molecule has 0 aromatic heterocycles. The van der Waals surface area contributed by atoms with E-state index in [4.69, 9.17) is 32.8 Å². The minimum absolute atomic E-state index is 0.165. The molecule has 4 rings (SSSR count). The number of hydrogen-bond acceptors (Lipinski definition) is 10. The number of hydrogen-bond donors (Lipinski definition) is 1. The molecule has 1 N–H and O–H groups in total. The standard InChI is InChI=1S/C44H72N2O9Si/c1-32(2)56(33(3)4,34(5)6)54-26-18-36-29-37(51-25-13-24-50-11)15-16-38(36)44(48)19-21-46(42(47)55-43(7,8)9)30-41(44)53-31-35-14-17-40-39(28-35)45(22-27-52-40)20-12-23-49-10/h14-17,28-29,32-34,41,48H,12-13,18-27,30-31H2,1-11H3/t41-,44-/m0/s1. The van der Waals surface area contributed by atoms with Crippen molar-refractivity contribution in [1.29, 1.82) is 0 Å². The minimum Gasteiger partial charge on any atom is -0.493 e. The molecule has 2 aliphatic heterocycles. The lowest BCUT2D eigenvalue weighted by Gasteiger charge is -2.45. The first kappa shape index (κ1) is 45.8. The number of carbonyl (C=O) groups excluding carboxylic acids is 1. The van der Waals surface area contributed by atoms with Gasteiger partial charge in [0, 0.05) is 60.0 Å². The van der Waals surface area contributed by atoms with Gasteiger partial charge >= 0.3 is 6.09 Å². The number of carbonyl (C=O) groups is 1. The van der Waals surface area contributed by atoms with E-state index in [1.54, 1.807) is 19.1 Å². The van der Waals surface area contributed by atoms with Crippen molar-refractivity contribution >= 4 is 20.1 Å². The maximum Gasteiger partial charge on any atom is 0.410 e. The van der Waals surface area contributed by atoms with E-state index < -0.39 is 31.7 Å². The van der Waals surface area contributed by atoms with Crippen molar-refractivity contribution in [2.24, 2.45) is 0 Å². The lowest BCUT2D eigenvalue weighted by atomic mass is 9.79. The van der Waals surface area contributed by atoms with E-state index >= 15 is 0 Å². The van der Waals surface area contributed by atoms with Gasteiger partial charge in [0.25, 0.3) is 0 Å². The lowest BCUT2D eigenvalue weighted by molar-refractivity contribution is -0.155. The van der Waals surface area contributed by atoms with Crippen molar-refractivity contribution in [3.8, 4) is 11.5 Å². The van der Waals surface area contributed by atoms with Crippen LogP contribution < -0.4 is 14.4 Å². The minimum atomic E-state index is -2.14. The van der Waals surface area contributed by atoms with Gasteiger partial charge in [-0.05, 0) is 91.2 Å². The van der Waals surface area contributed by atoms with Crippen LogP contribution in [0.4, 0.5) is 10.5 Å². The third-order valence-corrected chi connectivity index (χ3v) is 17.4. The van der Waals surface area contributed by atoms with Crippen LogP contribution in [0.15, 0.2) is 36.4 Å². The summed E-state index contributed by atoms with van der Waals surface area (Å²) in [4.78, 5) is 17.4. The fraction of sp³-hybridized carbons (Fsp3) is 0.705. The predicted molar refractivity (Wildman–Crippen MR) is 225 cm³/mol. The summed E-state index contributed by atoms with van der Waals surface area (Å²) in [6.45, 7) is 24.7. The Balaban J connectivity index is 1.68. The number of benzene rings is 2. The van der Waals surface area contributed by atoms with Gasteiger partial charge < -0.3 is 47.8 Å². The third-order valence-electron chi connectivity index (χ3n) is 11.3. The maximum absolute atomic E-state index is 13.4. The second kappa shape index (κ2) is 20.7. The van der Waals surface area contributed by atoms with Gasteiger partial charge in [-0.1, -0.05) is 53.7 Å². The highest BCUT2D eigenvalue weighted by Gasteiger charge is 2.48. The first-order valence-corrected chi connectivity index (χ1v) is 22.9. The van der Waals surface area contributed by atoms with Gasteiger partial charge in [-0.25, -0.2) is 4.79 Å². The molecule has 0 unspecified atom stereocenters. The van der Waals surface area contributed by atoms with Gasteiger partial charge in [0.05, 0.1) is 32.0 Å². The Morgan fingerprint density at radius 3 is 2.29 bits per heavy atom. The molecule has 11 nitrogen and oxygen atoms in total. The molecular formula is C44H72N2O9Si. The molecule has 0 radical (unpaired) electrons. The van der Waals surface area contributed by atoms with Crippen LogP contribution in [0.25, 0.3) is 0 Å². The normalized spacial score (nSPS) is 19.1. The molecular weight excluding hydrogens is 729 g/mol. The summed E-state index contributed by atoms with van der Waals surface area (Å²) >= 11 is 0. The van der Waals surface area contributed by atoms with E-state index in [0.29, 0.717) is 62.6 Å². The molecule has 56 heavy (non-hydrogen) atoms. The van der Waals surface area contributed by atoms with Crippen molar-refractivity contribution in [3.05, 3.63) is 53.1 Å². The molecule has 2 heterocycles. The highest BCUT2D eigenvalue weighted by molar-refractivity contribution is 6.77. The highest BCUT2D eigenvalue weighted by atomic mass is 28.4. The van der Waals surface area contributed by atoms with Gasteiger partial charge in [0.15, 0.2) is 8.32 Å². The summed E-state index contributed by atoms with van der Waals surface area (Å²) in [5.41, 5.74) is 2.98. The van der Waals surface area contributed by atoms with E-state index in [-0.39, 0.29) is 19.6 Å². The molecule has 1 amide bonds. The summed E-state index contributed by atoms with van der Waals surface area (Å²) in [5.74, 6) is 1.58. The van der Waals surface area contributed by atoms with Crippen LogP contribution in [0.2, 0.25) is 16.6 Å². The third kappa shape index (κ3) is 11.6. The number of ether oxygens (including phenoxy) is 6. The van der Waals surface area contributed by atoms with Gasteiger partial charge in [0.2, 0.25) is 0 Å². The van der Waals surface area contributed by atoms with E-state index in [1.807, 2.05) is 51.1 Å². The summed E-state index contributed by atoms with van der Waals surface area (Å²) in [7, 11) is 1.27. The van der Waals surface area contributed by atoms with Crippen LogP contribution in [-0.4, -0.2) is 110 Å².